The summed E-state index contributed by atoms with van der Waals surface area (Å²) in [7, 11) is 1.56. The number of hydrogen-bond acceptors (Lipinski definition) is 3. The summed E-state index contributed by atoms with van der Waals surface area (Å²) in [6.45, 7) is 4.23. The van der Waals surface area contributed by atoms with Crippen LogP contribution in [0.2, 0.25) is 5.02 Å². The van der Waals surface area contributed by atoms with Crippen molar-refractivity contribution in [2.45, 2.75) is 26.3 Å². The van der Waals surface area contributed by atoms with Crippen LogP contribution in [-0.4, -0.2) is 25.6 Å². The van der Waals surface area contributed by atoms with Gasteiger partial charge in [0.05, 0.1) is 18.7 Å². The Balaban J connectivity index is 2.48. The largest absolute Gasteiger partial charge is 0.495 e. The van der Waals surface area contributed by atoms with Crippen molar-refractivity contribution in [1.29, 1.82) is 0 Å². The lowest BCUT2D eigenvalue weighted by atomic mass is 10.2. The summed E-state index contributed by atoms with van der Waals surface area (Å²) < 4.78 is 5.05. The number of carbonyl (C=O) groups is 1. The standard InChI is InChI=1S/C13H19ClN2O2/c1-4-9(2)16-13(17)8-15-10-5-6-12(18-3)11(14)7-10/h5-7,9,15H,4,8H2,1-3H3,(H,16,17). The maximum Gasteiger partial charge on any atom is 0.239 e. The Morgan fingerprint density at radius 3 is 2.78 bits per heavy atom. The van der Waals surface area contributed by atoms with Gasteiger partial charge in [0.25, 0.3) is 0 Å². The average molecular weight is 271 g/mol. The van der Waals surface area contributed by atoms with Crippen molar-refractivity contribution in [3.8, 4) is 5.75 Å². The number of rotatable bonds is 6. The molecule has 1 atom stereocenters. The van der Waals surface area contributed by atoms with Gasteiger partial charge in [0.15, 0.2) is 0 Å². The summed E-state index contributed by atoms with van der Waals surface area (Å²) in [5.74, 6) is 0.586. The van der Waals surface area contributed by atoms with Crippen LogP contribution in [-0.2, 0) is 4.79 Å². The van der Waals surface area contributed by atoms with E-state index in [4.69, 9.17) is 16.3 Å². The second-order valence-corrected chi connectivity index (χ2v) is 4.49. The Hall–Kier alpha value is -1.42. The van der Waals surface area contributed by atoms with Crippen molar-refractivity contribution >= 4 is 23.2 Å². The van der Waals surface area contributed by atoms with Gasteiger partial charge in [-0.1, -0.05) is 18.5 Å². The molecule has 0 heterocycles. The number of carbonyl (C=O) groups excluding carboxylic acids is 1. The summed E-state index contributed by atoms with van der Waals surface area (Å²) in [6, 6.07) is 5.51. The van der Waals surface area contributed by atoms with Crippen molar-refractivity contribution in [3.05, 3.63) is 23.2 Å². The zero-order chi connectivity index (χ0) is 13.5. The lowest BCUT2D eigenvalue weighted by Gasteiger charge is -2.13. The number of methoxy groups -OCH3 is 1. The van der Waals surface area contributed by atoms with Gasteiger partial charge in [-0.3, -0.25) is 4.79 Å². The van der Waals surface area contributed by atoms with E-state index in [1.807, 2.05) is 19.9 Å². The minimum atomic E-state index is -0.0312. The van der Waals surface area contributed by atoms with E-state index >= 15 is 0 Å². The zero-order valence-electron chi connectivity index (χ0n) is 10.9. The molecule has 0 aliphatic heterocycles. The minimum Gasteiger partial charge on any atom is -0.495 e. The summed E-state index contributed by atoms with van der Waals surface area (Å²) in [4.78, 5) is 11.6. The normalized spacial score (nSPS) is 11.8. The topological polar surface area (TPSA) is 50.4 Å². The lowest BCUT2D eigenvalue weighted by molar-refractivity contribution is -0.120. The number of hydrogen-bond donors (Lipinski definition) is 2. The van der Waals surface area contributed by atoms with Crippen LogP contribution in [0, 0.1) is 0 Å². The first-order valence-electron chi connectivity index (χ1n) is 5.93. The molecule has 5 heteroatoms. The Morgan fingerprint density at radius 2 is 2.22 bits per heavy atom. The van der Waals surface area contributed by atoms with Crippen LogP contribution < -0.4 is 15.4 Å². The second-order valence-electron chi connectivity index (χ2n) is 4.08. The highest BCUT2D eigenvalue weighted by atomic mass is 35.5. The average Bonchev–Trinajstić information content (AvgIpc) is 2.36. The Morgan fingerprint density at radius 1 is 1.50 bits per heavy atom. The summed E-state index contributed by atoms with van der Waals surface area (Å²) in [6.07, 6.45) is 0.917. The third-order valence-electron chi connectivity index (χ3n) is 2.62. The summed E-state index contributed by atoms with van der Waals surface area (Å²) in [5, 5.41) is 6.41. The smallest absolute Gasteiger partial charge is 0.239 e. The van der Waals surface area contributed by atoms with E-state index in [0.717, 1.165) is 12.1 Å². The van der Waals surface area contributed by atoms with Crippen LogP contribution in [0.1, 0.15) is 20.3 Å². The molecule has 100 valence electrons. The third kappa shape index (κ3) is 4.45. The molecule has 0 saturated carbocycles. The fourth-order valence-corrected chi connectivity index (χ4v) is 1.64. The quantitative estimate of drug-likeness (QED) is 0.836. The first-order valence-corrected chi connectivity index (χ1v) is 6.31. The van der Waals surface area contributed by atoms with Gasteiger partial charge in [0.2, 0.25) is 5.91 Å². The first kappa shape index (κ1) is 14.6. The van der Waals surface area contributed by atoms with E-state index in [9.17, 15) is 4.79 Å². The van der Waals surface area contributed by atoms with Gasteiger partial charge >= 0.3 is 0 Å². The van der Waals surface area contributed by atoms with Gasteiger partial charge < -0.3 is 15.4 Å². The van der Waals surface area contributed by atoms with Crippen molar-refractivity contribution in [1.82, 2.24) is 5.32 Å². The number of amides is 1. The van der Waals surface area contributed by atoms with Crippen molar-refractivity contribution in [2.75, 3.05) is 19.0 Å². The Kier molecular flexibility index (Phi) is 5.78. The number of benzene rings is 1. The molecular weight excluding hydrogens is 252 g/mol. The highest BCUT2D eigenvalue weighted by Gasteiger charge is 2.06. The van der Waals surface area contributed by atoms with E-state index in [1.165, 1.54) is 0 Å². The number of anilines is 1. The Labute approximate surface area is 113 Å². The van der Waals surface area contributed by atoms with Crippen LogP contribution in [0.15, 0.2) is 18.2 Å². The van der Waals surface area contributed by atoms with Gasteiger partial charge in [-0.25, -0.2) is 0 Å². The molecule has 1 amide bonds. The number of ether oxygens (including phenoxy) is 1. The van der Waals surface area contributed by atoms with Gasteiger partial charge in [-0.15, -0.1) is 0 Å². The highest BCUT2D eigenvalue weighted by Crippen LogP contribution is 2.26. The van der Waals surface area contributed by atoms with Gasteiger partial charge in [0, 0.05) is 11.7 Å². The van der Waals surface area contributed by atoms with Gasteiger partial charge in [0.1, 0.15) is 5.75 Å². The van der Waals surface area contributed by atoms with E-state index in [1.54, 1.807) is 19.2 Å². The zero-order valence-corrected chi connectivity index (χ0v) is 11.7. The predicted molar refractivity (Wildman–Crippen MR) is 74.4 cm³/mol. The van der Waals surface area contributed by atoms with Gasteiger partial charge in [-0.05, 0) is 31.5 Å². The lowest BCUT2D eigenvalue weighted by Crippen LogP contribution is -2.36. The minimum absolute atomic E-state index is 0.0312. The van der Waals surface area contributed by atoms with Crippen LogP contribution in [0.3, 0.4) is 0 Å². The molecule has 1 aromatic carbocycles. The molecule has 0 aromatic heterocycles. The molecule has 0 fully saturated rings. The molecular formula is C13H19ClN2O2. The van der Waals surface area contributed by atoms with Crippen LogP contribution in [0.4, 0.5) is 5.69 Å². The number of halogens is 1. The number of nitrogens with one attached hydrogen (secondary N) is 2. The van der Waals surface area contributed by atoms with E-state index < -0.39 is 0 Å². The molecule has 0 aliphatic rings. The molecule has 1 rings (SSSR count). The van der Waals surface area contributed by atoms with Crippen molar-refractivity contribution in [3.63, 3.8) is 0 Å². The van der Waals surface area contributed by atoms with Crippen LogP contribution >= 0.6 is 11.6 Å². The molecule has 0 aliphatic carbocycles. The predicted octanol–water partition coefficient (Wildman–Crippen LogP) is 2.68. The van der Waals surface area contributed by atoms with Crippen LogP contribution in [0.5, 0.6) is 5.75 Å². The SMILES string of the molecule is CCC(C)NC(=O)CNc1ccc(OC)c(Cl)c1. The van der Waals surface area contributed by atoms with Crippen molar-refractivity contribution < 1.29 is 9.53 Å². The third-order valence-corrected chi connectivity index (χ3v) is 2.92. The van der Waals surface area contributed by atoms with E-state index in [-0.39, 0.29) is 18.5 Å². The molecule has 0 saturated heterocycles. The molecule has 0 bridgehead atoms. The first-order chi connectivity index (χ1) is 8.56. The molecule has 1 aromatic rings. The van der Waals surface area contributed by atoms with E-state index in [2.05, 4.69) is 10.6 Å². The fourth-order valence-electron chi connectivity index (χ4n) is 1.39. The summed E-state index contributed by atoms with van der Waals surface area (Å²) in [5.41, 5.74) is 0.792. The molecule has 18 heavy (non-hydrogen) atoms. The maximum absolute atomic E-state index is 11.6. The second kappa shape index (κ2) is 7.11. The van der Waals surface area contributed by atoms with Gasteiger partial charge in [-0.2, -0.15) is 0 Å². The molecule has 2 N–H and O–H groups in total. The monoisotopic (exact) mass is 270 g/mol. The molecule has 1 unspecified atom stereocenters. The van der Waals surface area contributed by atoms with E-state index in [0.29, 0.717) is 10.8 Å². The van der Waals surface area contributed by atoms with Crippen LogP contribution in [0.25, 0.3) is 0 Å². The highest BCUT2D eigenvalue weighted by molar-refractivity contribution is 6.32. The van der Waals surface area contributed by atoms with Crippen molar-refractivity contribution in [2.24, 2.45) is 0 Å². The molecule has 4 nitrogen and oxygen atoms in total. The Bertz CT molecular complexity index is 410. The fraction of sp³-hybridized carbons (Fsp3) is 0.462. The maximum atomic E-state index is 11.6. The molecule has 0 radical (unpaired) electrons. The molecule has 0 spiro atoms. The summed E-state index contributed by atoms with van der Waals surface area (Å²) >= 11 is 5.99.